The summed E-state index contributed by atoms with van der Waals surface area (Å²) in [6, 6.07) is 6.48. The van der Waals surface area contributed by atoms with Gasteiger partial charge in [-0.2, -0.15) is 0 Å². The third kappa shape index (κ3) is 3.46. The summed E-state index contributed by atoms with van der Waals surface area (Å²) >= 11 is 0. The summed E-state index contributed by atoms with van der Waals surface area (Å²) < 4.78 is 0. The number of hydrogen-bond donors (Lipinski definition) is 2. The highest BCUT2D eigenvalue weighted by molar-refractivity contribution is 5.83. The van der Waals surface area contributed by atoms with E-state index in [9.17, 15) is 4.79 Å². The quantitative estimate of drug-likeness (QED) is 0.893. The van der Waals surface area contributed by atoms with Gasteiger partial charge in [0.15, 0.2) is 0 Å². The molecule has 0 aliphatic carbocycles. The molecule has 0 aromatic heterocycles. The van der Waals surface area contributed by atoms with Crippen LogP contribution in [0.2, 0.25) is 0 Å². The highest BCUT2D eigenvalue weighted by Gasteiger charge is 2.38. The number of carbonyl (C=O) groups excluding carboxylic acids is 1. The van der Waals surface area contributed by atoms with Gasteiger partial charge >= 0.3 is 0 Å². The maximum atomic E-state index is 12.8. The second-order valence-corrected chi connectivity index (χ2v) is 6.47. The summed E-state index contributed by atoms with van der Waals surface area (Å²) in [4.78, 5) is 12.8. The Morgan fingerprint density at radius 2 is 2.19 bits per heavy atom. The van der Waals surface area contributed by atoms with Crippen molar-refractivity contribution < 1.29 is 4.79 Å². The van der Waals surface area contributed by atoms with Gasteiger partial charge in [-0.15, -0.1) is 0 Å². The molecule has 1 aliphatic heterocycles. The van der Waals surface area contributed by atoms with Gasteiger partial charge in [-0.05, 0) is 57.7 Å². The molecule has 3 heteroatoms. The van der Waals surface area contributed by atoms with Gasteiger partial charge in [0.1, 0.15) is 0 Å². The fourth-order valence-electron chi connectivity index (χ4n) is 3.36. The van der Waals surface area contributed by atoms with Crippen molar-refractivity contribution in [1.82, 2.24) is 10.6 Å². The molecule has 116 valence electrons. The summed E-state index contributed by atoms with van der Waals surface area (Å²) in [5, 5.41) is 6.62. The fraction of sp³-hybridized carbons (Fsp3) is 0.611. The summed E-state index contributed by atoms with van der Waals surface area (Å²) in [7, 11) is 0. The van der Waals surface area contributed by atoms with Crippen LogP contribution in [0.25, 0.3) is 0 Å². The first-order valence-electron chi connectivity index (χ1n) is 8.07. The van der Waals surface area contributed by atoms with E-state index in [1.807, 2.05) is 0 Å². The lowest BCUT2D eigenvalue weighted by Gasteiger charge is -2.36. The minimum absolute atomic E-state index is 0.0588. The van der Waals surface area contributed by atoms with E-state index in [0.29, 0.717) is 0 Å². The molecule has 2 N–H and O–H groups in total. The van der Waals surface area contributed by atoms with E-state index in [1.54, 1.807) is 0 Å². The standard InChI is InChI=1S/C18H28N2O/c1-5-18(9-6-10-19-12-18)17(21)20-15(4)16-8-7-13(2)11-14(16)3/h7-8,11,15,19H,5-6,9-10,12H2,1-4H3,(H,20,21). The predicted octanol–water partition coefficient (Wildman–Crippen LogP) is 3.26. The number of amides is 1. The van der Waals surface area contributed by atoms with Crippen molar-refractivity contribution >= 4 is 5.91 Å². The normalized spacial score (nSPS) is 23.6. The molecule has 0 bridgehead atoms. The molecular formula is C18H28N2O. The maximum absolute atomic E-state index is 12.8. The zero-order valence-electron chi connectivity index (χ0n) is 13.8. The molecule has 1 heterocycles. The third-order valence-electron chi connectivity index (χ3n) is 4.87. The van der Waals surface area contributed by atoms with Crippen LogP contribution in [0.15, 0.2) is 18.2 Å². The van der Waals surface area contributed by atoms with Crippen LogP contribution in [0.3, 0.4) is 0 Å². The Labute approximate surface area is 128 Å². The number of aryl methyl sites for hydroxylation is 2. The van der Waals surface area contributed by atoms with Crippen LogP contribution < -0.4 is 10.6 Å². The van der Waals surface area contributed by atoms with Crippen molar-refractivity contribution in [2.75, 3.05) is 13.1 Å². The van der Waals surface area contributed by atoms with Gasteiger partial charge in [-0.25, -0.2) is 0 Å². The van der Waals surface area contributed by atoms with Gasteiger partial charge in [-0.3, -0.25) is 4.79 Å². The van der Waals surface area contributed by atoms with Crippen molar-refractivity contribution in [3.05, 3.63) is 34.9 Å². The minimum atomic E-state index is -0.231. The van der Waals surface area contributed by atoms with E-state index in [2.05, 4.69) is 56.5 Å². The van der Waals surface area contributed by atoms with Gasteiger partial charge < -0.3 is 10.6 Å². The van der Waals surface area contributed by atoms with Crippen LogP contribution in [0.1, 0.15) is 55.8 Å². The molecule has 1 saturated heterocycles. The van der Waals surface area contributed by atoms with Crippen LogP contribution in [0, 0.1) is 19.3 Å². The summed E-state index contributed by atoms with van der Waals surface area (Å²) in [5.74, 6) is 0.199. The molecule has 0 radical (unpaired) electrons. The zero-order valence-corrected chi connectivity index (χ0v) is 13.8. The molecule has 1 amide bonds. The SMILES string of the molecule is CCC1(C(=O)NC(C)c2ccc(C)cc2C)CCCNC1. The average molecular weight is 288 g/mol. The van der Waals surface area contributed by atoms with Crippen molar-refractivity contribution in [1.29, 1.82) is 0 Å². The van der Waals surface area contributed by atoms with E-state index >= 15 is 0 Å². The van der Waals surface area contributed by atoms with Gasteiger partial charge in [-0.1, -0.05) is 30.7 Å². The first-order valence-corrected chi connectivity index (χ1v) is 8.07. The van der Waals surface area contributed by atoms with Gasteiger partial charge in [0.05, 0.1) is 11.5 Å². The Morgan fingerprint density at radius 1 is 1.43 bits per heavy atom. The largest absolute Gasteiger partial charge is 0.349 e. The number of carbonyl (C=O) groups is 1. The van der Waals surface area contributed by atoms with Gasteiger partial charge in [0.25, 0.3) is 0 Å². The van der Waals surface area contributed by atoms with Gasteiger partial charge in [0, 0.05) is 6.54 Å². The molecule has 0 spiro atoms. The van der Waals surface area contributed by atoms with E-state index in [-0.39, 0.29) is 17.4 Å². The van der Waals surface area contributed by atoms with E-state index in [4.69, 9.17) is 0 Å². The van der Waals surface area contributed by atoms with Crippen molar-refractivity contribution in [3.8, 4) is 0 Å². The van der Waals surface area contributed by atoms with Crippen LogP contribution in [-0.2, 0) is 4.79 Å². The van der Waals surface area contributed by atoms with Crippen LogP contribution >= 0.6 is 0 Å². The molecule has 0 saturated carbocycles. The maximum Gasteiger partial charge on any atom is 0.227 e. The van der Waals surface area contributed by atoms with Crippen molar-refractivity contribution in [2.24, 2.45) is 5.41 Å². The highest BCUT2D eigenvalue weighted by atomic mass is 16.2. The third-order valence-corrected chi connectivity index (χ3v) is 4.87. The monoisotopic (exact) mass is 288 g/mol. The molecule has 2 atom stereocenters. The Balaban J connectivity index is 2.10. The van der Waals surface area contributed by atoms with Crippen LogP contribution in [-0.4, -0.2) is 19.0 Å². The second-order valence-electron chi connectivity index (χ2n) is 6.47. The first-order chi connectivity index (χ1) is 9.98. The lowest BCUT2D eigenvalue weighted by Crippen LogP contribution is -2.50. The average Bonchev–Trinajstić information content (AvgIpc) is 2.47. The molecule has 1 aliphatic rings. The fourth-order valence-corrected chi connectivity index (χ4v) is 3.36. The molecule has 2 rings (SSSR count). The molecule has 3 nitrogen and oxygen atoms in total. The minimum Gasteiger partial charge on any atom is -0.349 e. The summed E-state index contributed by atoms with van der Waals surface area (Å²) in [6.07, 6.45) is 2.96. The number of piperidine rings is 1. The van der Waals surface area contributed by atoms with E-state index in [1.165, 1.54) is 16.7 Å². The van der Waals surface area contributed by atoms with Crippen molar-refractivity contribution in [2.45, 2.75) is 53.0 Å². The molecule has 1 fully saturated rings. The Hall–Kier alpha value is -1.35. The Morgan fingerprint density at radius 3 is 2.76 bits per heavy atom. The van der Waals surface area contributed by atoms with Crippen LogP contribution in [0.5, 0.6) is 0 Å². The number of hydrogen-bond acceptors (Lipinski definition) is 2. The van der Waals surface area contributed by atoms with Crippen molar-refractivity contribution in [3.63, 3.8) is 0 Å². The molecule has 1 aromatic rings. The predicted molar refractivity (Wildman–Crippen MR) is 87.3 cm³/mol. The summed E-state index contributed by atoms with van der Waals surface area (Å²) in [5.41, 5.74) is 3.49. The highest BCUT2D eigenvalue weighted by Crippen LogP contribution is 2.31. The topological polar surface area (TPSA) is 41.1 Å². The zero-order chi connectivity index (χ0) is 15.5. The van der Waals surface area contributed by atoms with Gasteiger partial charge in [0.2, 0.25) is 5.91 Å². The smallest absolute Gasteiger partial charge is 0.227 e. The van der Waals surface area contributed by atoms with E-state index in [0.717, 1.165) is 32.4 Å². The first kappa shape index (κ1) is 16.0. The molecule has 21 heavy (non-hydrogen) atoms. The lowest BCUT2D eigenvalue weighted by molar-refractivity contribution is -0.133. The molecule has 1 aromatic carbocycles. The summed E-state index contributed by atoms with van der Waals surface area (Å²) in [6.45, 7) is 10.2. The number of rotatable bonds is 4. The number of benzene rings is 1. The molecule has 2 unspecified atom stereocenters. The van der Waals surface area contributed by atoms with Crippen LogP contribution in [0.4, 0.5) is 0 Å². The molecular weight excluding hydrogens is 260 g/mol. The lowest BCUT2D eigenvalue weighted by atomic mass is 9.77. The van der Waals surface area contributed by atoms with E-state index < -0.39 is 0 Å². The Bertz CT molecular complexity index is 504. The second kappa shape index (κ2) is 6.61. The number of nitrogens with one attached hydrogen (secondary N) is 2. The Kier molecular flexibility index (Phi) is 5.04.